The molecule has 0 saturated carbocycles. The summed E-state index contributed by atoms with van der Waals surface area (Å²) in [7, 11) is 0. The molecule has 0 unspecified atom stereocenters. The first-order chi connectivity index (χ1) is 15.2. The normalized spacial score (nSPS) is 11.2. The monoisotopic (exact) mass is 493 g/mol. The van der Waals surface area contributed by atoms with Gasteiger partial charge in [0.15, 0.2) is 0 Å². The summed E-state index contributed by atoms with van der Waals surface area (Å²) in [6.45, 7) is 7.36. The average molecular weight is 494 g/mol. The van der Waals surface area contributed by atoms with Crippen LogP contribution in [0.1, 0.15) is 52.6 Å². The molecule has 0 bridgehead atoms. The number of esters is 1. The summed E-state index contributed by atoms with van der Waals surface area (Å²) in [6.07, 6.45) is 0.827. The standard InChI is InChI=1S/C27H28BrNO3/c1-18-10-11-19(14-15-28)16-23(18)25(30)29-24-17-21(20-8-6-5-7-9-20)12-13-22(24)26(31)32-27(2,3)4/h5-13,16-17H,14-15H2,1-4H3,(H,29,30). The second-order valence-electron chi connectivity index (χ2n) is 8.67. The fraction of sp³-hybridized carbons (Fsp3) is 0.259. The Balaban J connectivity index is 2.01. The maximum Gasteiger partial charge on any atom is 0.340 e. The van der Waals surface area contributed by atoms with Crippen LogP contribution < -0.4 is 5.32 Å². The number of hydrogen-bond acceptors (Lipinski definition) is 3. The van der Waals surface area contributed by atoms with Crippen LogP contribution in [0.25, 0.3) is 11.1 Å². The van der Waals surface area contributed by atoms with E-state index in [9.17, 15) is 9.59 Å². The molecule has 0 aliphatic heterocycles. The predicted octanol–water partition coefficient (Wildman–Crippen LogP) is 6.81. The second-order valence-corrected chi connectivity index (χ2v) is 9.46. The number of benzene rings is 3. The maximum atomic E-state index is 13.2. The van der Waals surface area contributed by atoms with Crippen LogP contribution in [0.3, 0.4) is 0 Å². The second kappa shape index (κ2) is 10.1. The van der Waals surface area contributed by atoms with Gasteiger partial charge in [-0.2, -0.15) is 0 Å². The Labute approximate surface area is 198 Å². The topological polar surface area (TPSA) is 55.4 Å². The maximum absolute atomic E-state index is 13.2. The van der Waals surface area contributed by atoms with Gasteiger partial charge >= 0.3 is 5.97 Å². The Kier molecular flexibility index (Phi) is 7.52. The summed E-state index contributed by atoms with van der Waals surface area (Å²) >= 11 is 3.45. The van der Waals surface area contributed by atoms with Crippen molar-refractivity contribution in [1.29, 1.82) is 0 Å². The zero-order valence-corrected chi connectivity index (χ0v) is 20.5. The molecule has 0 saturated heterocycles. The molecule has 0 atom stereocenters. The van der Waals surface area contributed by atoms with E-state index >= 15 is 0 Å². The molecule has 1 N–H and O–H groups in total. The number of nitrogens with one attached hydrogen (secondary N) is 1. The SMILES string of the molecule is Cc1ccc(CCBr)cc1C(=O)Nc1cc(-c2ccccc2)ccc1C(=O)OC(C)(C)C. The molecule has 0 radical (unpaired) electrons. The first kappa shape index (κ1) is 23.7. The number of amides is 1. The molecule has 0 aromatic heterocycles. The van der Waals surface area contributed by atoms with E-state index in [0.717, 1.165) is 34.0 Å². The summed E-state index contributed by atoms with van der Waals surface area (Å²) in [5, 5.41) is 3.78. The molecule has 1 amide bonds. The zero-order chi connectivity index (χ0) is 23.3. The van der Waals surface area contributed by atoms with Crippen molar-refractivity contribution < 1.29 is 14.3 Å². The third-order valence-corrected chi connectivity index (χ3v) is 5.32. The van der Waals surface area contributed by atoms with Crippen LogP contribution in [-0.4, -0.2) is 22.8 Å². The first-order valence-corrected chi connectivity index (χ1v) is 11.7. The van der Waals surface area contributed by atoms with Gasteiger partial charge in [0, 0.05) is 10.9 Å². The van der Waals surface area contributed by atoms with Crippen molar-refractivity contribution in [2.45, 2.75) is 39.7 Å². The molecule has 3 aromatic carbocycles. The Morgan fingerprint density at radius 3 is 2.28 bits per heavy atom. The van der Waals surface area contributed by atoms with Gasteiger partial charge in [-0.3, -0.25) is 4.79 Å². The molecule has 166 valence electrons. The van der Waals surface area contributed by atoms with Crippen molar-refractivity contribution in [2.24, 2.45) is 0 Å². The molecule has 4 nitrogen and oxygen atoms in total. The molecule has 0 aliphatic carbocycles. The van der Waals surface area contributed by atoms with Crippen molar-refractivity contribution in [1.82, 2.24) is 0 Å². The highest BCUT2D eigenvalue weighted by Gasteiger charge is 2.22. The third kappa shape index (κ3) is 6.07. The molecular formula is C27H28BrNO3. The highest BCUT2D eigenvalue weighted by Crippen LogP contribution is 2.28. The number of rotatable bonds is 6. The van der Waals surface area contributed by atoms with Crippen LogP contribution in [0, 0.1) is 6.92 Å². The van der Waals surface area contributed by atoms with Crippen molar-refractivity contribution in [3.05, 3.63) is 89.0 Å². The molecule has 0 heterocycles. The van der Waals surface area contributed by atoms with Gasteiger partial charge in [-0.15, -0.1) is 0 Å². The largest absolute Gasteiger partial charge is 0.456 e. The van der Waals surface area contributed by atoms with Crippen molar-refractivity contribution in [2.75, 3.05) is 10.6 Å². The van der Waals surface area contributed by atoms with E-state index in [1.54, 1.807) is 6.07 Å². The van der Waals surface area contributed by atoms with Crippen molar-refractivity contribution in [3.8, 4) is 11.1 Å². The van der Waals surface area contributed by atoms with Crippen LogP contribution >= 0.6 is 15.9 Å². The molecule has 0 spiro atoms. The van der Waals surface area contributed by atoms with E-state index < -0.39 is 11.6 Å². The number of alkyl halides is 1. The van der Waals surface area contributed by atoms with E-state index in [-0.39, 0.29) is 5.91 Å². The van der Waals surface area contributed by atoms with Gasteiger partial charge in [0.05, 0.1) is 11.3 Å². The molecule has 0 aliphatic rings. The average Bonchev–Trinajstić information content (AvgIpc) is 2.74. The van der Waals surface area contributed by atoms with Gasteiger partial charge in [0.25, 0.3) is 5.91 Å². The summed E-state index contributed by atoms with van der Waals surface area (Å²) in [4.78, 5) is 26.1. The van der Waals surface area contributed by atoms with Gasteiger partial charge in [0.2, 0.25) is 0 Å². The Morgan fingerprint density at radius 1 is 0.906 bits per heavy atom. The fourth-order valence-electron chi connectivity index (χ4n) is 3.34. The zero-order valence-electron chi connectivity index (χ0n) is 18.9. The smallest absolute Gasteiger partial charge is 0.340 e. The molecule has 3 rings (SSSR count). The van der Waals surface area contributed by atoms with E-state index in [1.165, 1.54) is 0 Å². The van der Waals surface area contributed by atoms with Crippen molar-refractivity contribution >= 4 is 33.5 Å². The molecule has 3 aromatic rings. The Bertz CT molecular complexity index is 1120. The molecule has 5 heteroatoms. The fourth-order valence-corrected chi connectivity index (χ4v) is 3.79. The van der Waals surface area contributed by atoms with Gasteiger partial charge in [-0.05, 0) is 74.6 Å². The van der Waals surface area contributed by atoms with Crippen LogP contribution in [0.2, 0.25) is 0 Å². The lowest BCUT2D eigenvalue weighted by atomic mass is 10.0. The van der Waals surface area contributed by atoms with Gasteiger partial charge in [-0.1, -0.05) is 64.5 Å². The number of carbonyl (C=O) groups excluding carboxylic acids is 2. The summed E-state index contributed by atoms with van der Waals surface area (Å²) in [5.74, 6) is -0.730. The van der Waals surface area contributed by atoms with Gasteiger partial charge in [-0.25, -0.2) is 4.79 Å². The van der Waals surface area contributed by atoms with Crippen LogP contribution in [0.5, 0.6) is 0 Å². The van der Waals surface area contributed by atoms with Crippen LogP contribution in [-0.2, 0) is 11.2 Å². The van der Waals surface area contributed by atoms with E-state index in [1.807, 2.05) is 88.4 Å². The highest BCUT2D eigenvalue weighted by atomic mass is 79.9. The minimum Gasteiger partial charge on any atom is -0.456 e. The van der Waals surface area contributed by atoms with E-state index in [2.05, 4.69) is 21.2 Å². The third-order valence-electron chi connectivity index (χ3n) is 4.92. The summed E-state index contributed by atoms with van der Waals surface area (Å²) in [6, 6.07) is 21.1. The molecule has 0 fully saturated rings. The quantitative estimate of drug-likeness (QED) is 0.303. The number of hydrogen-bond donors (Lipinski definition) is 1. The highest BCUT2D eigenvalue weighted by molar-refractivity contribution is 9.09. The molecule has 32 heavy (non-hydrogen) atoms. The van der Waals surface area contributed by atoms with Gasteiger partial charge in [0.1, 0.15) is 5.60 Å². The lowest BCUT2D eigenvalue weighted by Gasteiger charge is -2.21. The van der Waals surface area contributed by atoms with E-state index in [0.29, 0.717) is 16.8 Å². The minimum atomic E-state index is -0.642. The summed E-state index contributed by atoms with van der Waals surface area (Å²) < 4.78 is 5.58. The van der Waals surface area contributed by atoms with Gasteiger partial charge < -0.3 is 10.1 Å². The number of halogens is 1. The number of carbonyl (C=O) groups is 2. The molecular weight excluding hydrogens is 466 g/mol. The first-order valence-electron chi connectivity index (χ1n) is 10.6. The van der Waals surface area contributed by atoms with E-state index in [4.69, 9.17) is 4.74 Å². The lowest BCUT2D eigenvalue weighted by molar-refractivity contribution is 0.00708. The predicted molar refractivity (Wildman–Crippen MR) is 134 cm³/mol. The van der Waals surface area contributed by atoms with Crippen molar-refractivity contribution in [3.63, 3.8) is 0 Å². The minimum absolute atomic E-state index is 0.256. The Morgan fingerprint density at radius 2 is 1.62 bits per heavy atom. The lowest BCUT2D eigenvalue weighted by Crippen LogP contribution is -2.25. The number of anilines is 1. The van der Waals surface area contributed by atoms with Crippen LogP contribution in [0.4, 0.5) is 5.69 Å². The van der Waals surface area contributed by atoms with Crippen LogP contribution in [0.15, 0.2) is 66.7 Å². The summed E-state index contributed by atoms with van der Waals surface area (Å²) in [5.41, 5.74) is 4.53. The number of aryl methyl sites for hydroxylation is 2. The Hall–Kier alpha value is -2.92. The number of ether oxygens (including phenoxy) is 1.